The first-order chi connectivity index (χ1) is 13.5. The van der Waals surface area contributed by atoms with E-state index >= 15 is 0 Å². The van der Waals surface area contributed by atoms with Gasteiger partial charge in [0.15, 0.2) is 0 Å². The first-order valence-corrected chi connectivity index (χ1v) is 9.94. The van der Waals surface area contributed by atoms with Gasteiger partial charge in [0.25, 0.3) is 5.91 Å². The molecular weight excluding hydrogens is 374 g/mol. The second-order valence-electron chi connectivity index (χ2n) is 6.51. The van der Waals surface area contributed by atoms with E-state index in [0.717, 1.165) is 17.0 Å². The molecule has 2 amide bonds. The largest absolute Gasteiger partial charge is 0.494 e. The Kier molecular flexibility index (Phi) is 6.36. The fourth-order valence-corrected chi connectivity index (χ4v) is 3.80. The van der Waals surface area contributed by atoms with Crippen molar-refractivity contribution < 1.29 is 14.3 Å². The van der Waals surface area contributed by atoms with Gasteiger partial charge in [-0.05, 0) is 43.3 Å². The molecule has 7 heteroatoms. The summed E-state index contributed by atoms with van der Waals surface area (Å²) in [7, 11) is 3.94. The van der Waals surface area contributed by atoms with Crippen LogP contribution >= 0.6 is 11.8 Å². The summed E-state index contributed by atoms with van der Waals surface area (Å²) in [6.45, 7) is 2.51. The Balaban J connectivity index is 1.57. The van der Waals surface area contributed by atoms with E-state index in [1.54, 1.807) is 24.3 Å². The van der Waals surface area contributed by atoms with Crippen molar-refractivity contribution >= 4 is 40.0 Å². The van der Waals surface area contributed by atoms with Gasteiger partial charge in [0.05, 0.1) is 6.61 Å². The molecule has 1 aliphatic rings. The number of carbonyl (C=O) groups is 2. The Morgan fingerprint density at radius 2 is 1.82 bits per heavy atom. The molecule has 1 N–H and O–H groups in total. The van der Waals surface area contributed by atoms with Crippen molar-refractivity contribution in [3.8, 4) is 5.75 Å². The Morgan fingerprint density at radius 1 is 1.14 bits per heavy atom. The van der Waals surface area contributed by atoms with Gasteiger partial charge < -0.3 is 15.0 Å². The molecule has 146 valence electrons. The summed E-state index contributed by atoms with van der Waals surface area (Å²) in [5.41, 5.74) is 2.63. The number of carbonyl (C=O) groups excluding carboxylic acids is 2. The molecule has 0 saturated heterocycles. The molecule has 0 radical (unpaired) electrons. The quantitative estimate of drug-likeness (QED) is 0.773. The fraction of sp³-hybridized carbons (Fsp3) is 0.286. The monoisotopic (exact) mass is 397 g/mol. The van der Waals surface area contributed by atoms with Crippen LogP contribution in [0, 0.1) is 0 Å². The second-order valence-corrected chi connectivity index (χ2v) is 7.70. The number of benzene rings is 2. The lowest BCUT2D eigenvalue weighted by atomic mass is 10.2. The van der Waals surface area contributed by atoms with Crippen molar-refractivity contribution in [2.75, 3.05) is 30.9 Å². The molecule has 0 aliphatic carbocycles. The van der Waals surface area contributed by atoms with Crippen molar-refractivity contribution in [3.05, 3.63) is 54.1 Å². The lowest BCUT2D eigenvalue weighted by Crippen LogP contribution is -2.21. The third-order valence-corrected chi connectivity index (χ3v) is 5.39. The van der Waals surface area contributed by atoms with E-state index < -0.39 is 5.25 Å². The van der Waals surface area contributed by atoms with Crippen molar-refractivity contribution in [1.82, 2.24) is 0 Å². The van der Waals surface area contributed by atoms with E-state index in [1.807, 2.05) is 50.2 Å². The lowest BCUT2D eigenvalue weighted by molar-refractivity contribution is -0.121. The van der Waals surface area contributed by atoms with Crippen LogP contribution in [-0.4, -0.2) is 42.8 Å². The summed E-state index contributed by atoms with van der Waals surface area (Å²) < 4.78 is 5.38. The molecule has 1 atom stereocenters. The zero-order valence-corrected chi connectivity index (χ0v) is 17.0. The van der Waals surface area contributed by atoms with Crippen LogP contribution in [0.15, 0.2) is 53.5 Å². The topological polar surface area (TPSA) is 71.0 Å². The van der Waals surface area contributed by atoms with E-state index in [0.29, 0.717) is 17.3 Å². The molecule has 0 fully saturated rings. The number of ether oxygens (including phenoxy) is 1. The van der Waals surface area contributed by atoms with Gasteiger partial charge in [-0.15, -0.1) is 0 Å². The standard InChI is InChI=1S/C21H23N3O3S/c1-4-27-17-11-7-15(8-12-17)22-19(25)13-18-20(26)23-21(28-18)14-5-9-16(10-6-14)24(2)3/h5-12,18H,4,13H2,1-3H3,(H,22,25)/t18-/m1/s1. The number of hydrogen-bond donors (Lipinski definition) is 1. The predicted molar refractivity (Wildman–Crippen MR) is 115 cm³/mol. The molecule has 2 aromatic rings. The van der Waals surface area contributed by atoms with Gasteiger partial charge in [-0.3, -0.25) is 9.59 Å². The zero-order valence-electron chi connectivity index (χ0n) is 16.1. The van der Waals surface area contributed by atoms with Crippen molar-refractivity contribution in [2.45, 2.75) is 18.6 Å². The predicted octanol–water partition coefficient (Wildman–Crippen LogP) is 3.57. The summed E-state index contributed by atoms with van der Waals surface area (Å²) in [6, 6.07) is 15.0. The van der Waals surface area contributed by atoms with Crippen LogP contribution in [0.1, 0.15) is 18.9 Å². The number of rotatable bonds is 7. The number of amides is 2. The van der Waals surface area contributed by atoms with Gasteiger partial charge in [0.1, 0.15) is 16.0 Å². The van der Waals surface area contributed by atoms with Crippen LogP contribution in [0.25, 0.3) is 0 Å². The van der Waals surface area contributed by atoms with Crippen LogP contribution in [0.3, 0.4) is 0 Å². The SMILES string of the molecule is CCOc1ccc(NC(=O)C[C@H]2SC(c3ccc(N(C)C)cc3)=NC2=O)cc1. The third-order valence-electron chi connectivity index (χ3n) is 4.19. The number of anilines is 2. The van der Waals surface area contributed by atoms with Crippen LogP contribution in [0.2, 0.25) is 0 Å². The molecule has 0 spiro atoms. The molecule has 1 heterocycles. The van der Waals surface area contributed by atoms with Crippen molar-refractivity contribution in [2.24, 2.45) is 4.99 Å². The van der Waals surface area contributed by atoms with Gasteiger partial charge in [-0.25, -0.2) is 4.99 Å². The highest BCUT2D eigenvalue weighted by molar-refractivity contribution is 8.16. The first kappa shape index (κ1) is 19.9. The van der Waals surface area contributed by atoms with E-state index in [9.17, 15) is 9.59 Å². The third kappa shape index (κ3) is 4.92. The van der Waals surface area contributed by atoms with Crippen LogP contribution in [0.4, 0.5) is 11.4 Å². The molecule has 0 aromatic heterocycles. The summed E-state index contributed by atoms with van der Waals surface area (Å²) >= 11 is 1.34. The Hall–Kier alpha value is -2.80. The zero-order chi connectivity index (χ0) is 20.1. The van der Waals surface area contributed by atoms with E-state index in [1.165, 1.54) is 11.8 Å². The average Bonchev–Trinajstić information content (AvgIpc) is 3.04. The molecule has 28 heavy (non-hydrogen) atoms. The first-order valence-electron chi connectivity index (χ1n) is 9.06. The van der Waals surface area contributed by atoms with Crippen LogP contribution in [-0.2, 0) is 9.59 Å². The highest BCUT2D eigenvalue weighted by Crippen LogP contribution is 2.30. The number of hydrogen-bond acceptors (Lipinski definition) is 5. The normalized spacial score (nSPS) is 15.9. The van der Waals surface area contributed by atoms with E-state index in [-0.39, 0.29) is 18.2 Å². The van der Waals surface area contributed by atoms with Crippen molar-refractivity contribution in [1.29, 1.82) is 0 Å². The second kappa shape index (κ2) is 8.93. The molecule has 0 saturated carbocycles. The van der Waals surface area contributed by atoms with Gasteiger partial charge in [-0.1, -0.05) is 23.9 Å². The minimum absolute atomic E-state index is 0.0828. The van der Waals surface area contributed by atoms with Gasteiger partial charge in [-0.2, -0.15) is 0 Å². The highest BCUT2D eigenvalue weighted by atomic mass is 32.2. The Morgan fingerprint density at radius 3 is 2.43 bits per heavy atom. The maximum absolute atomic E-state index is 12.3. The van der Waals surface area contributed by atoms with E-state index in [4.69, 9.17) is 4.74 Å². The summed E-state index contributed by atoms with van der Waals surface area (Å²) in [4.78, 5) is 30.7. The number of thioether (sulfide) groups is 1. The lowest BCUT2D eigenvalue weighted by Gasteiger charge is -2.12. The van der Waals surface area contributed by atoms with Gasteiger partial charge in [0.2, 0.25) is 5.91 Å². The maximum atomic E-state index is 12.3. The summed E-state index contributed by atoms with van der Waals surface area (Å²) in [5.74, 6) is 0.272. The average molecular weight is 398 g/mol. The highest BCUT2D eigenvalue weighted by Gasteiger charge is 2.31. The Labute approximate surface area is 169 Å². The summed E-state index contributed by atoms with van der Waals surface area (Å²) in [6.07, 6.45) is 0.0828. The van der Waals surface area contributed by atoms with Crippen molar-refractivity contribution in [3.63, 3.8) is 0 Å². The smallest absolute Gasteiger partial charge is 0.260 e. The number of aliphatic imine (C=N–C) groups is 1. The molecule has 6 nitrogen and oxygen atoms in total. The van der Waals surface area contributed by atoms with E-state index in [2.05, 4.69) is 10.3 Å². The van der Waals surface area contributed by atoms with Crippen LogP contribution < -0.4 is 15.0 Å². The van der Waals surface area contributed by atoms with Gasteiger partial charge >= 0.3 is 0 Å². The number of nitrogens with zero attached hydrogens (tertiary/aromatic N) is 2. The van der Waals surface area contributed by atoms with Gasteiger partial charge in [0, 0.05) is 37.5 Å². The molecular formula is C21H23N3O3S. The maximum Gasteiger partial charge on any atom is 0.260 e. The summed E-state index contributed by atoms with van der Waals surface area (Å²) in [5, 5.41) is 2.98. The molecule has 3 rings (SSSR count). The number of nitrogens with one attached hydrogen (secondary N) is 1. The minimum Gasteiger partial charge on any atom is -0.494 e. The van der Waals surface area contributed by atoms with Crippen LogP contribution in [0.5, 0.6) is 5.75 Å². The fourth-order valence-electron chi connectivity index (χ4n) is 2.73. The minimum atomic E-state index is -0.494. The molecule has 0 bridgehead atoms. The molecule has 0 unspecified atom stereocenters. The Bertz CT molecular complexity index is 877. The molecule has 1 aliphatic heterocycles. The molecule has 2 aromatic carbocycles.